The van der Waals surface area contributed by atoms with E-state index in [1.165, 1.54) is 6.07 Å². The molecule has 1 aromatic rings. The van der Waals surface area contributed by atoms with Crippen LogP contribution in [0.15, 0.2) is 28.8 Å². The van der Waals surface area contributed by atoms with Gasteiger partial charge in [0, 0.05) is 49.1 Å². The third-order valence-corrected chi connectivity index (χ3v) is 6.07. The molecule has 4 heterocycles. The highest BCUT2D eigenvalue weighted by molar-refractivity contribution is 6.31. The summed E-state index contributed by atoms with van der Waals surface area (Å²) >= 11 is 5.90. The lowest BCUT2D eigenvalue weighted by molar-refractivity contribution is 0.164. The lowest BCUT2D eigenvalue weighted by Gasteiger charge is -2.30. The summed E-state index contributed by atoms with van der Waals surface area (Å²) in [6, 6.07) is 4.69. The van der Waals surface area contributed by atoms with Gasteiger partial charge in [0.05, 0.1) is 23.9 Å². The lowest BCUT2D eigenvalue weighted by atomic mass is 9.98. The topological polar surface area (TPSA) is 71.2 Å². The Balaban J connectivity index is 1.64. The molecule has 4 saturated heterocycles. The van der Waals surface area contributed by atoms with Crippen molar-refractivity contribution in [3.8, 4) is 0 Å². The van der Waals surface area contributed by atoms with Gasteiger partial charge < -0.3 is 20.3 Å². The van der Waals surface area contributed by atoms with Crippen LogP contribution < -0.4 is 5.73 Å². The van der Waals surface area contributed by atoms with Gasteiger partial charge in [-0.1, -0.05) is 17.7 Å². The maximum absolute atomic E-state index is 14.4. The quantitative estimate of drug-likeness (QED) is 0.778. The first kappa shape index (κ1) is 19.4. The number of urea groups is 1. The number of carbonyl (C=O) groups is 1. The SMILES string of the molecule is N/C(=C1/CCOC/C1=N\C(=O)N1CCN2CCC1CC2)c1cccc(Cl)c1F. The van der Waals surface area contributed by atoms with E-state index in [2.05, 4.69) is 9.89 Å². The Morgan fingerprint density at radius 3 is 2.82 bits per heavy atom. The number of ether oxygens (including phenoxy) is 1. The lowest BCUT2D eigenvalue weighted by Crippen LogP contribution is -2.41. The molecule has 4 fully saturated rings. The molecule has 0 aromatic heterocycles. The first-order chi connectivity index (χ1) is 13.5. The zero-order chi connectivity index (χ0) is 19.7. The molecule has 28 heavy (non-hydrogen) atoms. The number of benzene rings is 1. The van der Waals surface area contributed by atoms with E-state index in [-0.39, 0.29) is 35.0 Å². The molecule has 0 spiro atoms. The zero-order valence-corrected chi connectivity index (χ0v) is 16.4. The van der Waals surface area contributed by atoms with Crippen molar-refractivity contribution in [3.63, 3.8) is 0 Å². The summed E-state index contributed by atoms with van der Waals surface area (Å²) in [7, 11) is 0. The molecule has 6 nitrogen and oxygen atoms in total. The van der Waals surface area contributed by atoms with Gasteiger partial charge in [0.15, 0.2) is 5.82 Å². The van der Waals surface area contributed by atoms with Gasteiger partial charge in [0.2, 0.25) is 0 Å². The number of aliphatic imine (C=N–C) groups is 1. The summed E-state index contributed by atoms with van der Waals surface area (Å²) in [4.78, 5) is 21.5. The minimum absolute atomic E-state index is 0.0121. The number of hydrogen-bond acceptors (Lipinski definition) is 4. The highest BCUT2D eigenvalue weighted by Gasteiger charge is 2.32. The fourth-order valence-electron chi connectivity index (χ4n) is 4.16. The molecule has 0 aliphatic carbocycles. The third kappa shape index (κ3) is 3.79. The molecule has 0 saturated carbocycles. The standard InChI is InChI=1S/C20H24ClFN4O2/c21-16-3-1-2-15(18(16)22)19(23)14-6-11-28-12-17(14)24-20(27)26-10-9-25-7-4-13(26)5-8-25/h1-3,13H,4-12,23H2/b19-14-,24-17+. The monoisotopic (exact) mass is 406 g/mol. The number of piperidine rings is 1. The second-order valence-corrected chi connectivity index (χ2v) is 7.81. The van der Waals surface area contributed by atoms with E-state index in [0.717, 1.165) is 32.5 Å². The molecule has 150 valence electrons. The maximum atomic E-state index is 14.4. The predicted octanol–water partition coefficient (Wildman–Crippen LogP) is 2.91. The second-order valence-electron chi connectivity index (χ2n) is 7.40. The number of amides is 2. The van der Waals surface area contributed by atoms with E-state index in [4.69, 9.17) is 22.1 Å². The number of fused-ring (bicyclic) bond motifs is 4. The average Bonchev–Trinajstić information content (AvgIpc) is 3.04. The first-order valence-corrected chi connectivity index (χ1v) is 10.0. The van der Waals surface area contributed by atoms with Crippen molar-refractivity contribution < 1.29 is 13.9 Å². The normalized spacial score (nSPS) is 28.4. The molecular formula is C20H24ClFN4O2. The molecular weight excluding hydrogens is 383 g/mol. The van der Waals surface area contributed by atoms with E-state index >= 15 is 0 Å². The molecule has 1 aromatic carbocycles. The Labute approximate surface area is 168 Å². The number of nitrogens with zero attached hydrogens (tertiary/aromatic N) is 3. The fraction of sp³-hybridized carbons (Fsp3) is 0.500. The van der Waals surface area contributed by atoms with Crippen LogP contribution in [0.3, 0.4) is 0 Å². The molecule has 0 atom stereocenters. The van der Waals surface area contributed by atoms with Crippen molar-refractivity contribution >= 4 is 29.0 Å². The van der Waals surface area contributed by atoms with Crippen LogP contribution in [0.4, 0.5) is 9.18 Å². The summed E-state index contributed by atoms with van der Waals surface area (Å²) < 4.78 is 19.9. The van der Waals surface area contributed by atoms with E-state index in [9.17, 15) is 9.18 Å². The maximum Gasteiger partial charge on any atom is 0.344 e. The van der Waals surface area contributed by atoms with Gasteiger partial charge >= 0.3 is 6.03 Å². The second kappa shape index (κ2) is 8.19. The van der Waals surface area contributed by atoms with Gasteiger partial charge in [-0.3, -0.25) is 0 Å². The van der Waals surface area contributed by atoms with Gasteiger partial charge in [-0.15, -0.1) is 0 Å². The molecule has 8 heteroatoms. The van der Waals surface area contributed by atoms with Crippen molar-refractivity contribution in [1.29, 1.82) is 0 Å². The molecule has 2 bridgehead atoms. The highest BCUT2D eigenvalue weighted by atomic mass is 35.5. The van der Waals surface area contributed by atoms with E-state index in [0.29, 0.717) is 30.9 Å². The minimum atomic E-state index is -0.565. The molecule has 5 rings (SSSR count). The summed E-state index contributed by atoms with van der Waals surface area (Å²) in [5.74, 6) is -0.565. The Morgan fingerprint density at radius 2 is 2.04 bits per heavy atom. The third-order valence-electron chi connectivity index (χ3n) is 5.78. The van der Waals surface area contributed by atoms with Crippen LogP contribution in [0.5, 0.6) is 0 Å². The van der Waals surface area contributed by atoms with Gasteiger partial charge in [-0.2, -0.15) is 4.99 Å². The Morgan fingerprint density at radius 1 is 1.25 bits per heavy atom. The summed E-state index contributed by atoms with van der Waals surface area (Å²) in [6.45, 7) is 4.25. The van der Waals surface area contributed by atoms with Gasteiger partial charge in [-0.25, -0.2) is 9.18 Å². The van der Waals surface area contributed by atoms with E-state index < -0.39 is 5.82 Å². The zero-order valence-electron chi connectivity index (χ0n) is 15.7. The number of halogens is 2. The summed E-state index contributed by atoms with van der Waals surface area (Å²) in [5, 5.41) is 0.0121. The molecule has 0 unspecified atom stereocenters. The van der Waals surface area contributed by atoms with Crippen LogP contribution in [-0.4, -0.2) is 67.0 Å². The van der Waals surface area contributed by atoms with Gasteiger partial charge in [0.25, 0.3) is 0 Å². The number of hydrogen-bond donors (Lipinski definition) is 1. The van der Waals surface area contributed by atoms with E-state index in [1.54, 1.807) is 12.1 Å². The Bertz CT molecular complexity index is 833. The minimum Gasteiger partial charge on any atom is -0.398 e. The van der Waals surface area contributed by atoms with Crippen molar-refractivity contribution in [3.05, 3.63) is 40.2 Å². The number of rotatable bonds is 1. The molecule has 4 aliphatic heterocycles. The Hall–Kier alpha value is -1.96. The predicted molar refractivity (Wildman–Crippen MR) is 107 cm³/mol. The van der Waals surface area contributed by atoms with E-state index in [1.807, 2.05) is 4.90 Å². The van der Waals surface area contributed by atoms with Crippen LogP contribution in [0.2, 0.25) is 5.02 Å². The van der Waals surface area contributed by atoms with Crippen LogP contribution in [0, 0.1) is 5.82 Å². The molecule has 0 radical (unpaired) electrons. The average molecular weight is 407 g/mol. The van der Waals surface area contributed by atoms with Gasteiger partial charge in [0.1, 0.15) is 0 Å². The smallest absolute Gasteiger partial charge is 0.344 e. The highest BCUT2D eigenvalue weighted by Crippen LogP contribution is 2.27. The van der Waals surface area contributed by atoms with Crippen molar-refractivity contribution in [2.45, 2.75) is 25.3 Å². The molecule has 2 N–H and O–H groups in total. The largest absolute Gasteiger partial charge is 0.398 e. The van der Waals surface area contributed by atoms with Crippen LogP contribution in [-0.2, 0) is 4.74 Å². The molecule has 4 aliphatic rings. The molecule has 2 amide bonds. The fourth-order valence-corrected chi connectivity index (χ4v) is 4.33. The van der Waals surface area contributed by atoms with Crippen LogP contribution >= 0.6 is 11.6 Å². The summed E-state index contributed by atoms with van der Waals surface area (Å²) in [5.41, 5.74) is 7.91. The van der Waals surface area contributed by atoms with Crippen LogP contribution in [0.1, 0.15) is 24.8 Å². The van der Waals surface area contributed by atoms with Crippen molar-refractivity contribution in [2.75, 3.05) is 39.4 Å². The Kier molecular flexibility index (Phi) is 5.66. The first-order valence-electron chi connectivity index (χ1n) is 9.66. The number of carbonyl (C=O) groups excluding carboxylic acids is 1. The van der Waals surface area contributed by atoms with Crippen LogP contribution in [0.25, 0.3) is 5.70 Å². The van der Waals surface area contributed by atoms with Gasteiger partial charge in [-0.05, 0) is 31.4 Å². The van der Waals surface area contributed by atoms with Crippen molar-refractivity contribution in [2.24, 2.45) is 10.7 Å². The number of nitrogens with two attached hydrogens (primary N) is 1. The summed E-state index contributed by atoms with van der Waals surface area (Å²) in [6.07, 6.45) is 2.43. The van der Waals surface area contributed by atoms with Crippen molar-refractivity contribution in [1.82, 2.24) is 9.80 Å².